The van der Waals surface area contributed by atoms with E-state index in [2.05, 4.69) is 0 Å². The first-order valence-electron chi connectivity index (χ1n) is 14.0. The number of amides is 4. The average molecular weight is 617 g/mol. The summed E-state index contributed by atoms with van der Waals surface area (Å²) in [5.41, 5.74) is 2.11. The Labute approximate surface area is 257 Å². The predicted molar refractivity (Wildman–Crippen MR) is 160 cm³/mol. The van der Waals surface area contributed by atoms with Crippen LogP contribution in [0.1, 0.15) is 24.3 Å². The molecule has 4 amide bonds. The summed E-state index contributed by atoms with van der Waals surface area (Å²) in [5.74, 6) is -5.06. The number of aromatic hydroxyl groups is 1. The molecule has 0 radical (unpaired) electrons. The van der Waals surface area contributed by atoms with Crippen LogP contribution in [-0.2, 0) is 19.2 Å². The van der Waals surface area contributed by atoms with E-state index in [1.807, 2.05) is 6.08 Å². The number of ether oxygens (including phenoxy) is 1. The van der Waals surface area contributed by atoms with Crippen molar-refractivity contribution in [2.24, 2.45) is 29.6 Å². The molecule has 2 heterocycles. The topological polar surface area (TPSA) is 104 Å². The Hall–Kier alpha value is -4.14. The summed E-state index contributed by atoms with van der Waals surface area (Å²) in [6.45, 7) is 0. The van der Waals surface area contributed by atoms with E-state index in [1.54, 1.807) is 60.7 Å². The number of fused-ring (bicyclic) bond motifs is 4. The van der Waals surface area contributed by atoms with Crippen molar-refractivity contribution in [1.82, 2.24) is 0 Å². The summed E-state index contributed by atoms with van der Waals surface area (Å²) in [6, 6.07) is 17.9. The standard InChI is InChI=1S/C33H26Cl2N2O6/c1-43-20-10-11-22(26(38)14-20)27-21-12-13-23-28(32(41)36(30(23)39)18-6-2-16(34)3-7-18)24(21)15-25-29(27)33(42)37(31(25)40)19-8-4-17(35)5-9-19/h2-12,14,23-25,27-29,38H,13,15H2,1H3/t23-,24+,25+,27+,28-,29+/m0/s1. The molecule has 0 aromatic heterocycles. The lowest BCUT2D eigenvalue weighted by Gasteiger charge is -2.44. The number of methoxy groups -OCH3 is 1. The zero-order chi connectivity index (χ0) is 30.2. The minimum Gasteiger partial charge on any atom is -0.508 e. The highest BCUT2D eigenvalue weighted by atomic mass is 35.5. The van der Waals surface area contributed by atoms with Gasteiger partial charge in [0, 0.05) is 27.6 Å². The van der Waals surface area contributed by atoms with Crippen LogP contribution in [0.3, 0.4) is 0 Å². The second-order valence-corrected chi connectivity index (χ2v) is 12.3. The number of hydrogen-bond acceptors (Lipinski definition) is 6. The number of phenols is 1. The van der Waals surface area contributed by atoms with Gasteiger partial charge in [0.25, 0.3) is 0 Å². The number of halogens is 2. The molecule has 3 fully saturated rings. The summed E-state index contributed by atoms with van der Waals surface area (Å²) < 4.78 is 5.29. The lowest BCUT2D eigenvalue weighted by atomic mass is 9.57. The van der Waals surface area contributed by atoms with Crippen LogP contribution in [0.15, 0.2) is 78.4 Å². The van der Waals surface area contributed by atoms with Crippen LogP contribution in [0.2, 0.25) is 10.0 Å². The molecule has 3 aromatic carbocycles. The molecule has 10 heteroatoms. The third kappa shape index (κ3) is 4.18. The molecule has 0 unspecified atom stereocenters. The molecular formula is C33H26Cl2N2O6. The lowest BCUT2D eigenvalue weighted by molar-refractivity contribution is -0.126. The largest absolute Gasteiger partial charge is 0.508 e. The average Bonchev–Trinajstić information content (AvgIpc) is 3.41. The van der Waals surface area contributed by atoms with Gasteiger partial charge in [-0.05, 0) is 73.4 Å². The van der Waals surface area contributed by atoms with Crippen molar-refractivity contribution in [2.45, 2.75) is 18.8 Å². The van der Waals surface area contributed by atoms with Gasteiger partial charge >= 0.3 is 0 Å². The Kier molecular flexibility index (Phi) is 6.59. The molecule has 4 aliphatic rings. The molecule has 6 atom stereocenters. The van der Waals surface area contributed by atoms with Crippen molar-refractivity contribution in [3.8, 4) is 11.5 Å². The van der Waals surface area contributed by atoms with Crippen LogP contribution in [0.5, 0.6) is 11.5 Å². The summed E-state index contributed by atoms with van der Waals surface area (Å²) in [6.07, 6.45) is 2.47. The Balaban J connectivity index is 1.34. The van der Waals surface area contributed by atoms with Crippen LogP contribution in [0, 0.1) is 29.6 Å². The summed E-state index contributed by atoms with van der Waals surface area (Å²) in [7, 11) is 1.49. The Morgan fingerprint density at radius 2 is 1.28 bits per heavy atom. The molecule has 0 spiro atoms. The van der Waals surface area contributed by atoms with Gasteiger partial charge in [-0.15, -0.1) is 0 Å². The van der Waals surface area contributed by atoms with E-state index in [4.69, 9.17) is 27.9 Å². The van der Waals surface area contributed by atoms with Crippen molar-refractivity contribution in [3.63, 3.8) is 0 Å². The van der Waals surface area contributed by atoms with Crippen LogP contribution in [0.25, 0.3) is 0 Å². The maximum atomic E-state index is 14.1. The molecule has 8 nitrogen and oxygen atoms in total. The van der Waals surface area contributed by atoms with Crippen LogP contribution >= 0.6 is 23.2 Å². The van der Waals surface area contributed by atoms with Crippen molar-refractivity contribution < 1.29 is 29.0 Å². The Bertz CT molecular complexity index is 1720. The van der Waals surface area contributed by atoms with Gasteiger partial charge in [-0.1, -0.05) is 40.9 Å². The van der Waals surface area contributed by atoms with Crippen LogP contribution in [-0.4, -0.2) is 35.8 Å². The van der Waals surface area contributed by atoms with Crippen LogP contribution in [0.4, 0.5) is 11.4 Å². The number of allylic oxidation sites excluding steroid dienone is 2. The SMILES string of the molecule is COc1ccc([C@H]2C3=CC[C@@H]4C(=O)N(c5ccc(Cl)cc5)C(=O)[C@@H]4[C@@H]3C[C@H]3C(=O)N(c4ccc(Cl)cc4)C(=O)[C@@H]23)c(O)c1. The number of nitrogens with zero attached hydrogens (tertiary/aromatic N) is 2. The Morgan fingerprint density at radius 3 is 1.84 bits per heavy atom. The van der Waals surface area contributed by atoms with Crippen molar-refractivity contribution in [2.75, 3.05) is 16.9 Å². The lowest BCUT2D eigenvalue weighted by Crippen LogP contribution is -2.43. The van der Waals surface area contributed by atoms with Gasteiger partial charge in [-0.25, -0.2) is 0 Å². The molecule has 0 bridgehead atoms. The molecule has 3 aromatic rings. The summed E-state index contributed by atoms with van der Waals surface area (Å²) in [4.78, 5) is 58.3. The molecule has 1 saturated carbocycles. The highest BCUT2D eigenvalue weighted by Gasteiger charge is 2.62. The van der Waals surface area contributed by atoms with Gasteiger partial charge in [0.05, 0.1) is 42.2 Å². The first kappa shape index (κ1) is 27.7. The maximum Gasteiger partial charge on any atom is 0.238 e. The van der Waals surface area contributed by atoms with Gasteiger partial charge in [-0.3, -0.25) is 29.0 Å². The van der Waals surface area contributed by atoms with E-state index in [0.717, 1.165) is 5.57 Å². The van der Waals surface area contributed by atoms with E-state index in [9.17, 15) is 24.3 Å². The number of imide groups is 2. The first-order chi connectivity index (χ1) is 20.7. The fraction of sp³-hybridized carbons (Fsp3) is 0.273. The van der Waals surface area contributed by atoms with Gasteiger partial charge in [-0.2, -0.15) is 0 Å². The molecule has 2 aliphatic heterocycles. The van der Waals surface area contributed by atoms with Crippen molar-refractivity contribution in [3.05, 3.63) is 94.0 Å². The second kappa shape index (κ2) is 10.2. The monoisotopic (exact) mass is 616 g/mol. The zero-order valence-electron chi connectivity index (χ0n) is 22.9. The number of benzene rings is 3. The third-order valence-corrected chi connectivity index (χ3v) is 9.89. The first-order valence-corrected chi connectivity index (χ1v) is 14.8. The minimum absolute atomic E-state index is 0.0754. The Morgan fingerprint density at radius 1 is 0.721 bits per heavy atom. The molecule has 2 aliphatic carbocycles. The highest BCUT2D eigenvalue weighted by Crippen LogP contribution is 2.59. The molecule has 2 saturated heterocycles. The van der Waals surface area contributed by atoms with E-state index in [0.29, 0.717) is 39.2 Å². The fourth-order valence-corrected chi connectivity index (χ4v) is 7.79. The maximum absolute atomic E-state index is 14.1. The van der Waals surface area contributed by atoms with E-state index in [1.165, 1.54) is 23.0 Å². The molecule has 43 heavy (non-hydrogen) atoms. The number of phenolic OH excluding ortho intramolecular Hbond substituents is 1. The van der Waals surface area contributed by atoms with Crippen molar-refractivity contribution in [1.29, 1.82) is 0 Å². The van der Waals surface area contributed by atoms with Gasteiger partial charge in [0.2, 0.25) is 23.6 Å². The van der Waals surface area contributed by atoms with Gasteiger partial charge in [0.15, 0.2) is 0 Å². The van der Waals surface area contributed by atoms with E-state index >= 15 is 0 Å². The summed E-state index contributed by atoms with van der Waals surface area (Å²) in [5, 5.41) is 12.1. The summed E-state index contributed by atoms with van der Waals surface area (Å²) >= 11 is 12.1. The number of carbonyl (C=O) groups excluding carboxylic acids is 4. The molecular weight excluding hydrogens is 591 g/mol. The molecule has 218 valence electrons. The number of hydrogen-bond donors (Lipinski definition) is 1. The van der Waals surface area contributed by atoms with Crippen molar-refractivity contribution >= 4 is 58.2 Å². The van der Waals surface area contributed by atoms with Gasteiger partial charge < -0.3 is 9.84 Å². The predicted octanol–water partition coefficient (Wildman–Crippen LogP) is 5.75. The van der Waals surface area contributed by atoms with Gasteiger partial charge in [0.1, 0.15) is 11.5 Å². The third-order valence-electron chi connectivity index (χ3n) is 9.39. The zero-order valence-corrected chi connectivity index (χ0v) is 24.5. The second-order valence-electron chi connectivity index (χ2n) is 11.4. The van der Waals surface area contributed by atoms with Crippen LogP contribution < -0.4 is 14.5 Å². The van der Waals surface area contributed by atoms with E-state index < -0.39 is 35.5 Å². The molecule has 1 N–H and O–H groups in total. The number of carbonyl (C=O) groups is 4. The normalized spacial score (nSPS) is 28.0. The fourth-order valence-electron chi connectivity index (χ4n) is 7.54. The van der Waals surface area contributed by atoms with E-state index in [-0.39, 0.29) is 35.8 Å². The quantitative estimate of drug-likeness (QED) is 0.295. The minimum atomic E-state index is -0.805. The number of rotatable bonds is 4. The number of anilines is 2. The molecule has 7 rings (SSSR count). The highest BCUT2D eigenvalue weighted by molar-refractivity contribution is 6.31. The smallest absolute Gasteiger partial charge is 0.238 e.